The number of imidazole rings is 1. The van der Waals surface area contributed by atoms with E-state index in [2.05, 4.69) is 25.4 Å². The van der Waals surface area contributed by atoms with E-state index in [1.807, 2.05) is 0 Å². The number of hydrogen-bond donors (Lipinski definition) is 2. The number of piperidine rings is 1. The van der Waals surface area contributed by atoms with Gasteiger partial charge < -0.3 is 29.7 Å². The van der Waals surface area contributed by atoms with E-state index >= 15 is 0 Å². The number of carboxylic acid groups (broad SMARTS) is 1. The van der Waals surface area contributed by atoms with Crippen molar-refractivity contribution >= 4 is 41.1 Å². The molecule has 1 aromatic carbocycles. The fourth-order valence-electron chi connectivity index (χ4n) is 6.67. The zero-order chi connectivity index (χ0) is 35.5. The molecule has 2 N–H and O–H groups in total. The quantitative estimate of drug-likeness (QED) is 0.305. The SMILES string of the molecule is Cn1c(-c2cn(-c3ncccn3)nc2C(F)(F)F)cnc1C(=O)Nc1ccc(C(=O)N2CCN(C(=O)C3[C@H]4CN(C(=O)O)C[C@@H]34)CC2)c(Cl)c1. The molecular weight excluding hydrogens is 685 g/mol. The number of amides is 4. The molecular formula is C31H28ClF3N10O5. The molecule has 4 aromatic rings. The Morgan fingerprint density at radius 3 is 2.24 bits per heavy atom. The Morgan fingerprint density at radius 1 is 0.960 bits per heavy atom. The van der Waals surface area contributed by atoms with Crippen LogP contribution < -0.4 is 5.32 Å². The summed E-state index contributed by atoms with van der Waals surface area (Å²) in [5, 5.41) is 15.5. The minimum atomic E-state index is -4.83. The molecule has 2 aliphatic heterocycles. The number of benzene rings is 1. The number of anilines is 1. The largest absolute Gasteiger partial charge is 0.465 e. The molecule has 3 atom stereocenters. The van der Waals surface area contributed by atoms with Crippen molar-refractivity contribution in [2.75, 3.05) is 44.6 Å². The van der Waals surface area contributed by atoms with Crippen LogP contribution in [0.4, 0.5) is 23.7 Å². The summed E-state index contributed by atoms with van der Waals surface area (Å²) in [6.45, 7) is 1.99. The summed E-state index contributed by atoms with van der Waals surface area (Å²) in [5.41, 5.74) is -1.17. The first-order valence-corrected chi connectivity index (χ1v) is 15.8. The number of piperazine rings is 1. The zero-order valence-corrected chi connectivity index (χ0v) is 27.0. The van der Waals surface area contributed by atoms with Gasteiger partial charge in [0.1, 0.15) is 0 Å². The molecule has 7 rings (SSSR count). The normalized spacial score (nSPS) is 20.1. The van der Waals surface area contributed by atoms with Crippen molar-refractivity contribution in [3.8, 4) is 17.2 Å². The van der Waals surface area contributed by atoms with Crippen molar-refractivity contribution in [3.05, 3.63) is 71.2 Å². The molecule has 5 heterocycles. The number of hydrogen-bond acceptors (Lipinski definition) is 8. The van der Waals surface area contributed by atoms with Crippen molar-refractivity contribution in [2.24, 2.45) is 24.8 Å². The summed E-state index contributed by atoms with van der Waals surface area (Å²) in [6, 6.07) is 5.82. The highest BCUT2D eigenvalue weighted by Crippen LogP contribution is 2.52. The highest BCUT2D eigenvalue weighted by molar-refractivity contribution is 6.34. The molecule has 15 nitrogen and oxygen atoms in total. The molecule has 260 valence electrons. The molecule has 0 spiro atoms. The topological polar surface area (TPSA) is 172 Å². The average molecular weight is 713 g/mol. The summed E-state index contributed by atoms with van der Waals surface area (Å²) in [6.07, 6.45) is -0.836. The number of fused-ring (bicyclic) bond motifs is 1. The van der Waals surface area contributed by atoms with Crippen molar-refractivity contribution in [1.82, 2.24) is 44.0 Å². The minimum absolute atomic E-state index is 0.00672. The van der Waals surface area contributed by atoms with Crippen LogP contribution in [-0.2, 0) is 18.0 Å². The van der Waals surface area contributed by atoms with Crippen LogP contribution in [0.5, 0.6) is 0 Å². The molecule has 1 aliphatic carbocycles. The molecule has 2 saturated heterocycles. The van der Waals surface area contributed by atoms with Crippen LogP contribution in [0.15, 0.2) is 49.1 Å². The first-order valence-electron chi connectivity index (χ1n) is 15.4. The number of carbonyl (C=O) groups excluding carboxylic acids is 3. The Morgan fingerprint density at radius 2 is 1.62 bits per heavy atom. The van der Waals surface area contributed by atoms with E-state index in [-0.39, 0.29) is 82.0 Å². The van der Waals surface area contributed by atoms with E-state index in [4.69, 9.17) is 16.7 Å². The molecule has 50 heavy (non-hydrogen) atoms. The van der Waals surface area contributed by atoms with Crippen molar-refractivity contribution < 1.29 is 37.5 Å². The van der Waals surface area contributed by atoms with Gasteiger partial charge in [0.2, 0.25) is 11.9 Å². The highest BCUT2D eigenvalue weighted by atomic mass is 35.5. The minimum Gasteiger partial charge on any atom is -0.465 e. The van der Waals surface area contributed by atoms with E-state index in [0.29, 0.717) is 26.2 Å². The van der Waals surface area contributed by atoms with Gasteiger partial charge in [-0.05, 0) is 36.1 Å². The Kier molecular flexibility index (Phi) is 8.20. The van der Waals surface area contributed by atoms with Gasteiger partial charge in [-0.25, -0.2) is 24.4 Å². The lowest BCUT2D eigenvalue weighted by molar-refractivity contribution is -0.141. The molecule has 0 radical (unpaired) electrons. The Bertz CT molecular complexity index is 2000. The lowest BCUT2D eigenvalue weighted by Gasteiger charge is -2.35. The number of alkyl halides is 3. The van der Waals surface area contributed by atoms with Gasteiger partial charge in [-0.15, -0.1) is 0 Å². The summed E-state index contributed by atoms with van der Waals surface area (Å²) >= 11 is 6.46. The Labute approximate surface area is 286 Å². The van der Waals surface area contributed by atoms with E-state index in [9.17, 15) is 32.3 Å². The Balaban J connectivity index is 0.988. The second-order valence-corrected chi connectivity index (χ2v) is 12.6. The number of carbonyl (C=O) groups is 4. The predicted molar refractivity (Wildman–Crippen MR) is 168 cm³/mol. The van der Waals surface area contributed by atoms with Crippen LogP contribution in [-0.4, -0.2) is 112 Å². The van der Waals surface area contributed by atoms with Gasteiger partial charge in [0.15, 0.2) is 11.5 Å². The molecule has 3 aliphatic rings. The lowest BCUT2D eigenvalue weighted by Crippen LogP contribution is -2.51. The third-order valence-electron chi connectivity index (χ3n) is 9.29. The third-order valence-corrected chi connectivity index (χ3v) is 9.61. The van der Waals surface area contributed by atoms with Gasteiger partial charge in [0, 0.05) is 76.5 Å². The smallest absolute Gasteiger partial charge is 0.435 e. The molecule has 1 saturated carbocycles. The fraction of sp³-hybridized carbons (Fsp3) is 0.355. The number of nitrogens with one attached hydrogen (secondary N) is 1. The van der Waals surface area contributed by atoms with Crippen LogP contribution in [0, 0.1) is 17.8 Å². The third kappa shape index (κ3) is 5.99. The van der Waals surface area contributed by atoms with Crippen LogP contribution in [0.3, 0.4) is 0 Å². The number of nitrogens with zero attached hydrogens (tertiary/aromatic N) is 9. The maximum atomic E-state index is 13.9. The molecule has 0 bridgehead atoms. The van der Waals surface area contributed by atoms with Gasteiger partial charge in [-0.3, -0.25) is 14.4 Å². The fourth-order valence-corrected chi connectivity index (χ4v) is 6.93. The lowest BCUT2D eigenvalue weighted by atomic mass is 10.1. The van der Waals surface area contributed by atoms with Crippen LogP contribution in [0.25, 0.3) is 17.2 Å². The highest BCUT2D eigenvalue weighted by Gasteiger charge is 2.61. The van der Waals surface area contributed by atoms with Gasteiger partial charge in [0.05, 0.1) is 28.0 Å². The molecule has 3 fully saturated rings. The van der Waals surface area contributed by atoms with E-state index in [0.717, 1.165) is 17.1 Å². The van der Waals surface area contributed by atoms with Crippen molar-refractivity contribution in [3.63, 3.8) is 0 Å². The zero-order valence-electron chi connectivity index (χ0n) is 26.2. The maximum Gasteiger partial charge on any atom is 0.435 e. The first-order chi connectivity index (χ1) is 23.8. The van der Waals surface area contributed by atoms with Crippen LogP contribution in [0.2, 0.25) is 5.02 Å². The van der Waals surface area contributed by atoms with Gasteiger partial charge >= 0.3 is 12.3 Å². The molecule has 4 amide bonds. The Hall–Kier alpha value is -5.52. The second-order valence-electron chi connectivity index (χ2n) is 12.2. The van der Waals surface area contributed by atoms with Gasteiger partial charge in [-0.2, -0.15) is 18.3 Å². The van der Waals surface area contributed by atoms with E-state index in [1.165, 1.54) is 53.2 Å². The van der Waals surface area contributed by atoms with Crippen molar-refractivity contribution in [1.29, 1.82) is 0 Å². The number of halogens is 4. The molecule has 19 heteroatoms. The average Bonchev–Trinajstić information content (AvgIpc) is 3.47. The van der Waals surface area contributed by atoms with Crippen molar-refractivity contribution in [2.45, 2.75) is 6.18 Å². The van der Waals surface area contributed by atoms with Gasteiger partial charge in [0.25, 0.3) is 11.8 Å². The van der Waals surface area contributed by atoms with E-state index < -0.39 is 23.9 Å². The van der Waals surface area contributed by atoms with Gasteiger partial charge in [-0.1, -0.05) is 11.6 Å². The molecule has 3 aromatic heterocycles. The monoisotopic (exact) mass is 712 g/mol. The van der Waals surface area contributed by atoms with E-state index in [1.54, 1.807) is 9.80 Å². The second kappa shape index (κ2) is 12.4. The standard InChI is InChI=1S/C31H28ClF3N10O5/c1-41-22(20-15-45(29-36-5-2-6-37-29)40-24(20)31(33,34)35)12-38-25(41)26(46)39-16-3-4-17(21(32)11-16)27(47)42-7-9-43(10-8-42)28(48)23-18-13-44(30(49)50)14-19(18)23/h2-6,11-12,15,18-19,23H,7-10,13-14H2,1H3,(H,39,46)(H,49,50)/t18-,19+,23?. The molecule has 1 unspecified atom stereocenters. The number of likely N-dealkylation sites (tertiary alicyclic amines) is 1. The number of aromatic nitrogens is 6. The predicted octanol–water partition coefficient (Wildman–Crippen LogP) is 3.13. The van der Waals surface area contributed by atoms with Crippen LogP contribution >= 0.6 is 11.6 Å². The number of rotatable bonds is 6. The summed E-state index contributed by atoms with van der Waals surface area (Å²) in [7, 11) is 1.39. The summed E-state index contributed by atoms with van der Waals surface area (Å²) < 4.78 is 43.9. The van der Waals surface area contributed by atoms with Crippen LogP contribution in [0.1, 0.15) is 26.7 Å². The first kappa shape index (κ1) is 33.0. The summed E-state index contributed by atoms with van der Waals surface area (Å²) in [5.74, 6) is -1.44. The maximum absolute atomic E-state index is 13.9. The summed E-state index contributed by atoms with van der Waals surface area (Å²) in [4.78, 5) is 67.2.